The Morgan fingerprint density at radius 2 is 2.56 bits per heavy atom. The van der Waals surface area contributed by atoms with Gasteiger partial charge in [0.05, 0.1) is 0 Å². The summed E-state index contributed by atoms with van der Waals surface area (Å²) in [6.45, 7) is 0.0415. The van der Waals surface area contributed by atoms with Crippen LogP contribution in [0.2, 0.25) is 0 Å². The van der Waals surface area contributed by atoms with Gasteiger partial charge in [-0.15, -0.1) is 0 Å². The number of aliphatic hydroxyl groups is 1. The van der Waals surface area contributed by atoms with Gasteiger partial charge in [0.2, 0.25) is 0 Å². The van der Waals surface area contributed by atoms with Crippen LogP contribution in [0.25, 0.3) is 0 Å². The fourth-order valence-electron chi connectivity index (χ4n) is 0.566. The van der Waals surface area contributed by atoms with Crippen molar-refractivity contribution in [2.75, 3.05) is 6.61 Å². The molecule has 0 spiro atoms. The summed E-state index contributed by atoms with van der Waals surface area (Å²) in [4.78, 5) is 10.7. The Morgan fingerprint density at radius 1 is 1.78 bits per heavy atom. The molecule has 1 heterocycles. The van der Waals surface area contributed by atoms with Gasteiger partial charge in [0.1, 0.15) is 0 Å². The van der Waals surface area contributed by atoms with Gasteiger partial charge in [0, 0.05) is 24.0 Å². The molecule has 0 radical (unpaired) electrons. The van der Waals surface area contributed by atoms with E-state index in [9.17, 15) is 4.79 Å². The molecule has 4 heteroatoms. The number of hydrogen-bond donors (Lipinski definition) is 2. The molecular weight excluding hydrogens is 138 g/mol. The van der Waals surface area contributed by atoms with Crippen molar-refractivity contribution in [3.63, 3.8) is 0 Å². The topological polar surface area (TPSA) is 53.1 Å². The zero-order valence-electron chi connectivity index (χ0n) is 4.76. The SMILES string of the molecule is O=c1[nH]scc1CCO. The van der Waals surface area contributed by atoms with Gasteiger partial charge in [0.25, 0.3) is 5.56 Å². The van der Waals surface area contributed by atoms with Crippen LogP contribution in [0.3, 0.4) is 0 Å². The average molecular weight is 145 g/mol. The highest BCUT2D eigenvalue weighted by Crippen LogP contribution is 1.94. The van der Waals surface area contributed by atoms with Gasteiger partial charge in [-0.2, -0.15) is 0 Å². The van der Waals surface area contributed by atoms with Gasteiger partial charge in [-0.25, -0.2) is 0 Å². The lowest BCUT2D eigenvalue weighted by Gasteiger charge is -1.84. The summed E-state index contributed by atoms with van der Waals surface area (Å²) < 4.78 is 2.53. The molecule has 0 bridgehead atoms. The quantitative estimate of drug-likeness (QED) is 0.614. The fourth-order valence-corrected chi connectivity index (χ4v) is 1.23. The van der Waals surface area contributed by atoms with Gasteiger partial charge in [-0.05, 0) is 0 Å². The summed E-state index contributed by atoms with van der Waals surface area (Å²) in [7, 11) is 0. The zero-order chi connectivity index (χ0) is 6.69. The van der Waals surface area contributed by atoms with Gasteiger partial charge in [0.15, 0.2) is 0 Å². The Hall–Kier alpha value is -0.610. The lowest BCUT2D eigenvalue weighted by Crippen LogP contribution is -2.06. The largest absolute Gasteiger partial charge is 0.396 e. The molecule has 9 heavy (non-hydrogen) atoms. The minimum absolute atomic E-state index is 0.0415. The molecular formula is C5H7NO2S. The van der Waals surface area contributed by atoms with Gasteiger partial charge in [-0.1, -0.05) is 11.5 Å². The predicted molar refractivity (Wildman–Crippen MR) is 35.7 cm³/mol. The van der Waals surface area contributed by atoms with Crippen LogP contribution in [0.5, 0.6) is 0 Å². The molecule has 0 aliphatic heterocycles. The van der Waals surface area contributed by atoms with Crippen LogP contribution in [-0.4, -0.2) is 16.1 Å². The average Bonchev–Trinajstić information content (AvgIpc) is 2.18. The number of aliphatic hydroxyl groups excluding tert-OH is 1. The Balaban J connectivity index is 2.81. The van der Waals surface area contributed by atoms with E-state index in [-0.39, 0.29) is 12.2 Å². The molecule has 0 saturated heterocycles. The molecule has 0 unspecified atom stereocenters. The Morgan fingerprint density at radius 3 is 3.00 bits per heavy atom. The third-order valence-corrected chi connectivity index (χ3v) is 1.73. The van der Waals surface area contributed by atoms with Crippen LogP contribution in [0.1, 0.15) is 5.56 Å². The zero-order valence-corrected chi connectivity index (χ0v) is 5.57. The first-order chi connectivity index (χ1) is 4.34. The molecule has 2 N–H and O–H groups in total. The summed E-state index contributed by atoms with van der Waals surface area (Å²) in [6, 6.07) is 0. The van der Waals surface area contributed by atoms with Crippen molar-refractivity contribution in [1.82, 2.24) is 4.37 Å². The van der Waals surface area contributed by atoms with Gasteiger partial charge >= 0.3 is 0 Å². The van der Waals surface area contributed by atoms with Crippen molar-refractivity contribution in [1.29, 1.82) is 0 Å². The first-order valence-corrected chi connectivity index (χ1v) is 3.48. The third-order valence-electron chi connectivity index (χ3n) is 1.03. The molecule has 1 aromatic heterocycles. The number of hydrogen-bond acceptors (Lipinski definition) is 3. The highest BCUT2D eigenvalue weighted by atomic mass is 32.1. The predicted octanol–water partition coefficient (Wildman–Crippen LogP) is -0.0288. The van der Waals surface area contributed by atoms with E-state index in [1.807, 2.05) is 0 Å². The Labute approximate surface area is 56.1 Å². The second kappa shape index (κ2) is 2.80. The van der Waals surface area contributed by atoms with Crippen LogP contribution in [-0.2, 0) is 6.42 Å². The summed E-state index contributed by atoms with van der Waals surface area (Å²) in [5.41, 5.74) is 0.594. The lowest BCUT2D eigenvalue weighted by atomic mass is 10.3. The van der Waals surface area contributed by atoms with Crippen molar-refractivity contribution in [2.24, 2.45) is 0 Å². The number of rotatable bonds is 2. The standard InChI is InChI=1S/C5H7NO2S/c7-2-1-4-3-9-6-5(4)8/h3,7H,1-2H2,(H,6,8). The van der Waals surface area contributed by atoms with E-state index in [1.165, 1.54) is 11.5 Å². The number of H-pyrrole nitrogens is 1. The molecule has 50 valence electrons. The molecule has 0 amide bonds. The molecule has 0 fully saturated rings. The first kappa shape index (κ1) is 6.51. The summed E-state index contributed by atoms with van der Waals surface area (Å²) in [6.07, 6.45) is 0.457. The van der Waals surface area contributed by atoms with E-state index >= 15 is 0 Å². The third kappa shape index (κ3) is 1.40. The monoisotopic (exact) mass is 145 g/mol. The maximum absolute atomic E-state index is 10.7. The summed E-state index contributed by atoms with van der Waals surface area (Å²) in [5, 5.41) is 10.1. The fraction of sp³-hybridized carbons (Fsp3) is 0.400. The molecule has 1 aromatic rings. The molecule has 0 atom stereocenters. The summed E-state index contributed by atoms with van der Waals surface area (Å²) in [5.74, 6) is 0. The van der Waals surface area contributed by atoms with Crippen molar-refractivity contribution in [3.05, 3.63) is 21.3 Å². The van der Waals surface area contributed by atoms with Crippen molar-refractivity contribution in [3.8, 4) is 0 Å². The number of nitrogens with one attached hydrogen (secondary N) is 1. The van der Waals surface area contributed by atoms with Crippen molar-refractivity contribution in [2.45, 2.75) is 6.42 Å². The highest BCUT2D eigenvalue weighted by molar-refractivity contribution is 7.03. The van der Waals surface area contributed by atoms with E-state index in [1.54, 1.807) is 5.38 Å². The molecule has 0 aliphatic carbocycles. The van der Waals surface area contributed by atoms with Gasteiger partial charge < -0.3 is 5.11 Å². The maximum Gasteiger partial charge on any atom is 0.261 e. The van der Waals surface area contributed by atoms with Crippen LogP contribution < -0.4 is 5.56 Å². The molecule has 0 saturated carbocycles. The van der Waals surface area contributed by atoms with Crippen molar-refractivity contribution < 1.29 is 5.11 Å². The minimum Gasteiger partial charge on any atom is -0.396 e. The molecule has 3 nitrogen and oxygen atoms in total. The molecule has 0 aromatic carbocycles. The Kier molecular flexibility index (Phi) is 2.02. The smallest absolute Gasteiger partial charge is 0.261 e. The van der Waals surface area contributed by atoms with E-state index in [4.69, 9.17) is 5.11 Å². The number of aromatic amines is 1. The first-order valence-electron chi connectivity index (χ1n) is 2.60. The van der Waals surface area contributed by atoms with Crippen LogP contribution in [0.15, 0.2) is 10.2 Å². The lowest BCUT2D eigenvalue weighted by molar-refractivity contribution is 0.299. The second-order valence-corrected chi connectivity index (χ2v) is 2.34. The van der Waals surface area contributed by atoms with E-state index < -0.39 is 0 Å². The summed E-state index contributed by atoms with van der Waals surface area (Å²) >= 11 is 1.26. The van der Waals surface area contributed by atoms with Crippen LogP contribution in [0.4, 0.5) is 0 Å². The normalized spacial score (nSPS) is 9.89. The van der Waals surface area contributed by atoms with E-state index in [0.29, 0.717) is 12.0 Å². The minimum atomic E-state index is -0.0750. The second-order valence-electron chi connectivity index (χ2n) is 1.67. The molecule has 1 rings (SSSR count). The van der Waals surface area contributed by atoms with E-state index in [2.05, 4.69) is 4.37 Å². The maximum atomic E-state index is 10.7. The van der Waals surface area contributed by atoms with Crippen LogP contribution >= 0.6 is 11.5 Å². The Bertz CT molecular complexity index is 227. The van der Waals surface area contributed by atoms with Crippen LogP contribution in [0, 0.1) is 0 Å². The van der Waals surface area contributed by atoms with Crippen molar-refractivity contribution >= 4 is 11.5 Å². The molecule has 0 aliphatic rings. The highest BCUT2D eigenvalue weighted by Gasteiger charge is 1.96. The number of aromatic nitrogens is 1. The van der Waals surface area contributed by atoms with E-state index in [0.717, 1.165) is 0 Å². The van der Waals surface area contributed by atoms with Gasteiger partial charge in [-0.3, -0.25) is 9.17 Å².